The fourth-order valence-electron chi connectivity index (χ4n) is 2.40. The lowest BCUT2D eigenvalue weighted by Gasteiger charge is -2.09. The Hall–Kier alpha value is -3.29. The van der Waals surface area contributed by atoms with Crippen molar-refractivity contribution in [3.05, 3.63) is 75.6 Å². The first-order chi connectivity index (χ1) is 12.0. The molecule has 8 heteroatoms. The van der Waals surface area contributed by atoms with Gasteiger partial charge in [-0.3, -0.25) is 14.9 Å². The molecule has 0 saturated carbocycles. The normalized spacial score (nSPS) is 16.0. The average Bonchev–Trinajstić information content (AvgIpc) is 3.10. The van der Waals surface area contributed by atoms with E-state index in [-0.39, 0.29) is 30.4 Å². The number of carbonyl (C=O) groups excluding carboxylic acids is 1. The van der Waals surface area contributed by atoms with E-state index in [9.17, 15) is 19.3 Å². The van der Waals surface area contributed by atoms with E-state index in [4.69, 9.17) is 4.84 Å². The molecular formula is C17H14FN3O4. The third kappa shape index (κ3) is 3.97. The lowest BCUT2D eigenvalue weighted by atomic mass is 10.0. The zero-order chi connectivity index (χ0) is 17.8. The molecule has 1 atom stereocenters. The van der Waals surface area contributed by atoms with Gasteiger partial charge >= 0.3 is 0 Å². The maximum Gasteiger partial charge on any atom is 0.269 e. The first kappa shape index (κ1) is 16.6. The number of nitrogens with one attached hydrogen (secondary N) is 1. The van der Waals surface area contributed by atoms with Gasteiger partial charge in [0.15, 0.2) is 0 Å². The van der Waals surface area contributed by atoms with Crippen LogP contribution in [-0.2, 0) is 16.2 Å². The summed E-state index contributed by atoms with van der Waals surface area (Å²) in [5.41, 5.74) is 1.80. The molecule has 0 bridgehead atoms. The zero-order valence-electron chi connectivity index (χ0n) is 13.0. The van der Waals surface area contributed by atoms with Crippen molar-refractivity contribution in [3.63, 3.8) is 0 Å². The van der Waals surface area contributed by atoms with Gasteiger partial charge in [-0.15, -0.1) is 0 Å². The Morgan fingerprint density at radius 1 is 1.32 bits per heavy atom. The van der Waals surface area contributed by atoms with Gasteiger partial charge < -0.3 is 10.2 Å². The van der Waals surface area contributed by atoms with Gasteiger partial charge in [-0.25, -0.2) is 4.39 Å². The van der Waals surface area contributed by atoms with Gasteiger partial charge in [0.2, 0.25) is 6.10 Å². The van der Waals surface area contributed by atoms with Crippen LogP contribution in [0.15, 0.2) is 53.7 Å². The lowest BCUT2D eigenvalue weighted by molar-refractivity contribution is -0.384. The van der Waals surface area contributed by atoms with Crippen LogP contribution in [0.5, 0.6) is 0 Å². The number of benzene rings is 2. The van der Waals surface area contributed by atoms with E-state index >= 15 is 0 Å². The Morgan fingerprint density at radius 2 is 2.08 bits per heavy atom. The van der Waals surface area contributed by atoms with Gasteiger partial charge in [-0.2, -0.15) is 0 Å². The minimum absolute atomic E-state index is 0.0117. The molecule has 0 fully saturated rings. The first-order valence-corrected chi connectivity index (χ1v) is 7.52. The molecule has 2 aromatic rings. The summed E-state index contributed by atoms with van der Waals surface area (Å²) in [7, 11) is 0. The van der Waals surface area contributed by atoms with Crippen molar-refractivity contribution < 1.29 is 18.9 Å². The highest BCUT2D eigenvalue weighted by atomic mass is 19.1. The maximum atomic E-state index is 13.2. The number of non-ortho nitro benzene ring substituents is 1. The average molecular weight is 343 g/mol. The number of nitro groups is 1. The van der Waals surface area contributed by atoms with Gasteiger partial charge in [-0.1, -0.05) is 29.4 Å². The Balaban J connectivity index is 1.54. The van der Waals surface area contributed by atoms with Crippen LogP contribution in [0, 0.1) is 15.9 Å². The minimum Gasteiger partial charge on any atom is -0.382 e. The largest absolute Gasteiger partial charge is 0.382 e. The van der Waals surface area contributed by atoms with E-state index in [0.29, 0.717) is 11.3 Å². The van der Waals surface area contributed by atoms with Crippen LogP contribution in [0.4, 0.5) is 10.1 Å². The standard InChI is InChI=1S/C17H14FN3O4/c18-13-3-1-2-12(8-13)15-9-16(25-20-15)17(22)19-10-11-4-6-14(7-5-11)21(23)24/h1-8,16H,9-10H2,(H,19,22)/t16-/m1/s1. The first-order valence-electron chi connectivity index (χ1n) is 7.52. The summed E-state index contributed by atoms with van der Waals surface area (Å²) in [6, 6.07) is 11.8. The molecule has 25 heavy (non-hydrogen) atoms. The van der Waals surface area contributed by atoms with E-state index < -0.39 is 11.0 Å². The summed E-state index contributed by atoms with van der Waals surface area (Å²) < 4.78 is 13.2. The molecule has 2 aromatic carbocycles. The number of nitrogens with zero attached hydrogens (tertiary/aromatic N) is 2. The van der Waals surface area contributed by atoms with Crippen LogP contribution in [-0.4, -0.2) is 22.6 Å². The highest BCUT2D eigenvalue weighted by molar-refractivity contribution is 6.04. The van der Waals surface area contributed by atoms with E-state index in [0.717, 1.165) is 5.56 Å². The molecule has 0 saturated heterocycles. The molecule has 1 aliphatic rings. The molecule has 128 valence electrons. The molecule has 7 nitrogen and oxygen atoms in total. The number of rotatable bonds is 5. The van der Waals surface area contributed by atoms with Crippen LogP contribution in [0.2, 0.25) is 0 Å². The summed E-state index contributed by atoms with van der Waals surface area (Å²) in [4.78, 5) is 27.4. The van der Waals surface area contributed by atoms with E-state index in [1.807, 2.05) is 0 Å². The number of hydrogen-bond donors (Lipinski definition) is 1. The SMILES string of the molecule is O=C(NCc1ccc([N+](=O)[O-])cc1)[C@H]1CC(c2cccc(F)c2)=NO1. The smallest absolute Gasteiger partial charge is 0.269 e. The fraction of sp³-hybridized carbons (Fsp3) is 0.176. The molecule has 1 aliphatic heterocycles. The predicted molar refractivity (Wildman–Crippen MR) is 87.4 cm³/mol. The van der Waals surface area contributed by atoms with Crippen molar-refractivity contribution >= 4 is 17.3 Å². The Morgan fingerprint density at radius 3 is 2.76 bits per heavy atom. The summed E-state index contributed by atoms with van der Waals surface area (Å²) in [6.07, 6.45) is -0.536. The summed E-state index contributed by atoms with van der Waals surface area (Å²) in [5, 5.41) is 17.1. The van der Waals surface area contributed by atoms with Crippen LogP contribution in [0.3, 0.4) is 0 Å². The van der Waals surface area contributed by atoms with Gasteiger partial charge in [0.05, 0.1) is 10.6 Å². The van der Waals surface area contributed by atoms with Crippen LogP contribution < -0.4 is 5.32 Å². The maximum absolute atomic E-state index is 13.2. The van der Waals surface area contributed by atoms with Gasteiger partial charge in [0, 0.05) is 30.7 Å². The number of amides is 1. The van der Waals surface area contributed by atoms with Crippen LogP contribution in [0.1, 0.15) is 17.5 Å². The second-order valence-electron chi connectivity index (χ2n) is 5.49. The quantitative estimate of drug-likeness (QED) is 0.667. The molecule has 1 amide bonds. The van der Waals surface area contributed by atoms with Gasteiger partial charge in [0.1, 0.15) is 5.82 Å². The Labute approximate surface area is 142 Å². The number of hydrogen-bond acceptors (Lipinski definition) is 5. The molecule has 1 heterocycles. The minimum atomic E-state index is -0.781. The predicted octanol–water partition coefficient (Wildman–Crippen LogP) is 2.54. The summed E-state index contributed by atoms with van der Waals surface area (Å²) >= 11 is 0. The van der Waals surface area contributed by atoms with Gasteiger partial charge in [-0.05, 0) is 17.7 Å². The Kier molecular flexibility index (Phi) is 4.69. The molecule has 0 spiro atoms. The van der Waals surface area contributed by atoms with Crippen LogP contribution >= 0.6 is 0 Å². The van der Waals surface area contributed by atoms with E-state index in [1.54, 1.807) is 24.3 Å². The van der Waals surface area contributed by atoms with Crippen molar-refractivity contribution in [1.82, 2.24) is 5.32 Å². The van der Waals surface area contributed by atoms with Crippen LogP contribution in [0.25, 0.3) is 0 Å². The van der Waals surface area contributed by atoms with Crippen molar-refractivity contribution in [2.24, 2.45) is 5.16 Å². The summed E-state index contributed by atoms with van der Waals surface area (Å²) in [6.45, 7) is 0.214. The highest BCUT2D eigenvalue weighted by Crippen LogP contribution is 2.18. The Bertz CT molecular complexity index is 836. The number of nitro benzene ring substituents is 1. The van der Waals surface area contributed by atoms with Crippen molar-refractivity contribution in [2.75, 3.05) is 0 Å². The number of halogens is 1. The van der Waals surface area contributed by atoms with Gasteiger partial charge in [0.25, 0.3) is 11.6 Å². The molecule has 1 N–H and O–H groups in total. The zero-order valence-corrected chi connectivity index (χ0v) is 13.0. The molecule has 3 rings (SSSR count). The molecular weight excluding hydrogens is 329 g/mol. The lowest BCUT2D eigenvalue weighted by Crippen LogP contribution is -2.34. The van der Waals surface area contributed by atoms with Crippen molar-refractivity contribution in [3.8, 4) is 0 Å². The monoisotopic (exact) mass is 343 g/mol. The second-order valence-corrected chi connectivity index (χ2v) is 5.49. The molecule has 0 radical (unpaired) electrons. The van der Waals surface area contributed by atoms with Crippen molar-refractivity contribution in [2.45, 2.75) is 19.1 Å². The van der Waals surface area contributed by atoms with E-state index in [2.05, 4.69) is 10.5 Å². The molecule has 0 aliphatic carbocycles. The number of carbonyl (C=O) groups is 1. The second kappa shape index (κ2) is 7.08. The van der Waals surface area contributed by atoms with Crippen molar-refractivity contribution in [1.29, 1.82) is 0 Å². The number of oxime groups is 1. The third-order valence-corrected chi connectivity index (χ3v) is 3.73. The molecule has 0 unspecified atom stereocenters. The molecule has 0 aromatic heterocycles. The summed E-state index contributed by atoms with van der Waals surface area (Å²) in [5.74, 6) is -0.736. The topological polar surface area (TPSA) is 93.8 Å². The third-order valence-electron chi connectivity index (χ3n) is 3.73. The van der Waals surface area contributed by atoms with E-state index in [1.165, 1.54) is 24.3 Å². The highest BCUT2D eigenvalue weighted by Gasteiger charge is 2.28. The fourth-order valence-corrected chi connectivity index (χ4v) is 2.40.